The van der Waals surface area contributed by atoms with Crippen molar-refractivity contribution >= 4 is 11.8 Å². The molecule has 4 rings (SSSR count). The molecule has 1 unspecified atom stereocenters. The molecule has 0 aliphatic carbocycles. The van der Waals surface area contributed by atoms with Gasteiger partial charge < -0.3 is 9.80 Å². The second-order valence-electron chi connectivity index (χ2n) is 8.55. The van der Waals surface area contributed by atoms with Crippen LogP contribution in [0.15, 0.2) is 48.9 Å². The van der Waals surface area contributed by atoms with Crippen molar-refractivity contribution < 1.29 is 9.59 Å². The molecule has 2 aliphatic rings. The first-order chi connectivity index (χ1) is 15.1. The lowest BCUT2D eigenvalue weighted by Gasteiger charge is -2.40. The number of piperidine rings is 1. The zero-order chi connectivity index (χ0) is 21.6. The highest BCUT2D eigenvalue weighted by Gasteiger charge is 2.32. The minimum absolute atomic E-state index is 0.0905. The Balaban J connectivity index is 1.23. The van der Waals surface area contributed by atoms with E-state index < -0.39 is 0 Å². The van der Waals surface area contributed by atoms with Crippen molar-refractivity contribution in [3.05, 3.63) is 60.2 Å². The van der Waals surface area contributed by atoms with Gasteiger partial charge in [0.05, 0.1) is 12.2 Å². The summed E-state index contributed by atoms with van der Waals surface area (Å²) in [5.74, 6) is 0.775. The van der Waals surface area contributed by atoms with Crippen LogP contribution in [-0.4, -0.2) is 81.8 Å². The van der Waals surface area contributed by atoms with E-state index in [0.29, 0.717) is 37.8 Å². The SMILES string of the molecule is CC(C(=O)N1CCC(Cc2ccccc2)CC1)N1CCN(C(=O)c2cnccn2)CC1. The molecule has 1 aromatic carbocycles. The van der Waals surface area contributed by atoms with E-state index in [-0.39, 0.29) is 17.9 Å². The third-order valence-electron chi connectivity index (χ3n) is 6.58. The number of benzene rings is 1. The van der Waals surface area contributed by atoms with E-state index in [9.17, 15) is 9.59 Å². The Morgan fingerprint density at radius 3 is 2.32 bits per heavy atom. The molecular weight excluding hydrogens is 390 g/mol. The molecule has 164 valence electrons. The molecular formula is C24H31N5O2. The first-order valence-corrected chi connectivity index (χ1v) is 11.2. The molecule has 0 bridgehead atoms. The fourth-order valence-corrected chi connectivity index (χ4v) is 4.61. The van der Waals surface area contributed by atoms with Gasteiger partial charge in [0.1, 0.15) is 5.69 Å². The number of rotatable bonds is 5. The van der Waals surface area contributed by atoms with Crippen LogP contribution in [0.5, 0.6) is 0 Å². The highest BCUT2D eigenvalue weighted by molar-refractivity contribution is 5.92. The summed E-state index contributed by atoms with van der Waals surface area (Å²) in [5.41, 5.74) is 1.76. The van der Waals surface area contributed by atoms with Gasteiger partial charge in [-0.3, -0.25) is 19.5 Å². The maximum absolute atomic E-state index is 13.1. The van der Waals surface area contributed by atoms with Crippen LogP contribution in [0.3, 0.4) is 0 Å². The lowest BCUT2D eigenvalue weighted by molar-refractivity contribution is -0.138. The zero-order valence-electron chi connectivity index (χ0n) is 18.2. The highest BCUT2D eigenvalue weighted by Crippen LogP contribution is 2.23. The Labute approximate surface area is 184 Å². The summed E-state index contributed by atoms with van der Waals surface area (Å²) >= 11 is 0. The minimum Gasteiger partial charge on any atom is -0.341 e. The summed E-state index contributed by atoms with van der Waals surface area (Å²) in [7, 11) is 0. The van der Waals surface area contributed by atoms with Crippen LogP contribution in [-0.2, 0) is 11.2 Å². The molecule has 0 spiro atoms. The minimum atomic E-state index is -0.153. The Morgan fingerprint density at radius 1 is 0.968 bits per heavy atom. The average Bonchev–Trinajstić information content (AvgIpc) is 2.84. The van der Waals surface area contributed by atoms with Crippen LogP contribution in [0.4, 0.5) is 0 Å². The van der Waals surface area contributed by atoms with Crippen LogP contribution in [0.25, 0.3) is 0 Å². The average molecular weight is 422 g/mol. The quantitative estimate of drug-likeness (QED) is 0.740. The summed E-state index contributed by atoms with van der Waals surface area (Å²) in [6, 6.07) is 10.5. The molecule has 7 heteroatoms. The normalized spacial score (nSPS) is 19.3. The first kappa shape index (κ1) is 21.4. The third kappa shape index (κ3) is 5.28. The molecule has 1 aromatic heterocycles. The number of aromatic nitrogens is 2. The van der Waals surface area contributed by atoms with Gasteiger partial charge in [-0.15, -0.1) is 0 Å². The molecule has 7 nitrogen and oxygen atoms in total. The molecule has 3 heterocycles. The Kier molecular flexibility index (Phi) is 6.92. The summed E-state index contributed by atoms with van der Waals surface area (Å²) in [5, 5.41) is 0. The van der Waals surface area contributed by atoms with Gasteiger partial charge in [-0.25, -0.2) is 4.98 Å². The van der Waals surface area contributed by atoms with E-state index in [1.165, 1.54) is 18.0 Å². The van der Waals surface area contributed by atoms with Gasteiger partial charge in [0.15, 0.2) is 0 Å². The molecule has 2 saturated heterocycles. The van der Waals surface area contributed by atoms with Crippen molar-refractivity contribution in [1.82, 2.24) is 24.7 Å². The van der Waals surface area contributed by atoms with Crippen molar-refractivity contribution in [2.24, 2.45) is 5.92 Å². The number of carbonyl (C=O) groups excluding carboxylic acids is 2. The molecule has 2 aromatic rings. The molecule has 0 N–H and O–H groups in total. The Bertz CT molecular complexity index is 860. The summed E-state index contributed by atoms with van der Waals surface area (Å²) in [4.78, 5) is 39.7. The number of hydrogen-bond acceptors (Lipinski definition) is 5. The lowest BCUT2D eigenvalue weighted by atomic mass is 9.90. The molecule has 0 radical (unpaired) electrons. The standard InChI is InChI=1S/C24H31N5O2/c1-19(27-13-15-29(16-14-27)24(31)22-18-25-9-10-26-22)23(30)28-11-7-21(8-12-28)17-20-5-3-2-4-6-20/h2-6,9-10,18-19,21H,7-8,11-17H2,1H3. The second kappa shape index (κ2) is 10.0. The first-order valence-electron chi connectivity index (χ1n) is 11.2. The number of amides is 2. The summed E-state index contributed by atoms with van der Waals surface area (Å²) < 4.78 is 0. The van der Waals surface area contributed by atoms with E-state index >= 15 is 0 Å². The molecule has 2 fully saturated rings. The van der Waals surface area contributed by atoms with Crippen LogP contribution in [0, 0.1) is 5.92 Å². The lowest BCUT2D eigenvalue weighted by Crippen LogP contribution is -2.56. The Morgan fingerprint density at radius 2 is 1.68 bits per heavy atom. The second-order valence-corrected chi connectivity index (χ2v) is 8.55. The number of piperazine rings is 1. The van der Waals surface area contributed by atoms with Gasteiger partial charge in [-0.2, -0.15) is 0 Å². The van der Waals surface area contributed by atoms with Gasteiger partial charge in [-0.1, -0.05) is 30.3 Å². The van der Waals surface area contributed by atoms with E-state index in [1.807, 2.05) is 11.8 Å². The maximum atomic E-state index is 13.1. The van der Waals surface area contributed by atoms with E-state index in [1.54, 1.807) is 11.1 Å². The monoisotopic (exact) mass is 421 g/mol. The van der Waals surface area contributed by atoms with Crippen molar-refractivity contribution in [2.45, 2.75) is 32.2 Å². The molecule has 1 atom stereocenters. The van der Waals surface area contributed by atoms with E-state index in [0.717, 1.165) is 32.4 Å². The predicted octanol–water partition coefficient (Wildman–Crippen LogP) is 2.10. The van der Waals surface area contributed by atoms with Gasteiger partial charge in [0, 0.05) is 51.7 Å². The number of likely N-dealkylation sites (tertiary alicyclic amines) is 1. The summed E-state index contributed by atoms with van der Waals surface area (Å²) in [6.07, 6.45) is 7.82. The van der Waals surface area contributed by atoms with E-state index in [4.69, 9.17) is 0 Å². The fourth-order valence-electron chi connectivity index (χ4n) is 4.61. The van der Waals surface area contributed by atoms with Crippen molar-refractivity contribution in [1.29, 1.82) is 0 Å². The number of carbonyl (C=O) groups is 2. The zero-order valence-corrected chi connectivity index (χ0v) is 18.2. The van der Waals surface area contributed by atoms with Crippen molar-refractivity contribution in [3.63, 3.8) is 0 Å². The van der Waals surface area contributed by atoms with Gasteiger partial charge >= 0.3 is 0 Å². The fraction of sp³-hybridized carbons (Fsp3) is 0.500. The number of hydrogen-bond donors (Lipinski definition) is 0. The van der Waals surface area contributed by atoms with Gasteiger partial charge in [0.25, 0.3) is 5.91 Å². The van der Waals surface area contributed by atoms with Crippen LogP contribution < -0.4 is 0 Å². The topological polar surface area (TPSA) is 69.6 Å². The van der Waals surface area contributed by atoms with Gasteiger partial charge in [0.2, 0.25) is 5.91 Å². The smallest absolute Gasteiger partial charge is 0.274 e. The third-order valence-corrected chi connectivity index (χ3v) is 6.58. The van der Waals surface area contributed by atoms with Crippen LogP contribution in [0.1, 0.15) is 35.8 Å². The maximum Gasteiger partial charge on any atom is 0.274 e. The van der Waals surface area contributed by atoms with Crippen LogP contribution in [0.2, 0.25) is 0 Å². The number of nitrogens with zero attached hydrogens (tertiary/aromatic N) is 5. The predicted molar refractivity (Wildman–Crippen MR) is 118 cm³/mol. The van der Waals surface area contributed by atoms with Crippen molar-refractivity contribution in [2.75, 3.05) is 39.3 Å². The van der Waals surface area contributed by atoms with Crippen LogP contribution >= 0.6 is 0 Å². The molecule has 0 saturated carbocycles. The van der Waals surface area contributed by atoms with Crippen molar-refractivity contribution in [3.8, 4) is 0 Å². The molecule has 31 heavy (non-hydrogen) atoms. The van der Waals surface area contributed by atoms with Gasteiger partial charge in [-0.05, 0) is 37.7 Å². The molecule has 2 amide bonds. The largest absolute Gasteiger partial charge is 0.341 e. The van der Waals surface area contributed by atoms with E-state index in [2.05, 4.69) is 45.2 Å². The highest BCUT2D eigenvalue weighted by atomic mass is 16.2. The molecule has 2 aliphatic heterocycles. The summed E-state index contributed by atoms with van der Waals surface area (Å²) in [6.45, 7) is 6.28. The Hall–Kier alpha value is -2.80.